The van der Waals surface area contributed by atoms with Gasteiger partial charge in [0.05, 0.1) is 5.69 Å². The molecular formula is C21H36IN7O2. The first-order valence-electron chi connectivity index (χ1n) is 11.3. The van der Waals surface area contributed by atoms with E-state index in [0.717, 1.165) is 74.9 Å². The van der Waals surface area contributed by atoms with Gasteiger partial charge in [-0.25, -0.2) is 14.5 Å². The monoisotopic (exact) mass is 545 g/mol. The van der Waals surface area contributed by atoms with E-state index in [1.807, 2.05) is 17.6 Å². The van der Waals surface area contributed by atoms with Gasteiger partial charge in [0, 0.05) is 44.6 Å². The molecule has 3 rings (SSSR count). The molecule has 2 aromatic rings. The molecule has 0 aliphatic carbocycles. The molecule has 0 aromatic carbocycles. The third-order valence-corrected chi connectivity index (χ3v) is 5.59. The summed E-state index contributed by atoms with van der Waals surface area (Å²) < 4.78 is 8.87. The Kier molecular flexibility index (Phi) is 10.6. The first kappa shape index (κ1) is 25.4. The van der Waals surface area contributed by atoms with Gasteiger partial charge < -0.3 is 15.2 Å². The predicted molar refractivity (Wildman–Crippen MR) is 132 cm³/mol. The van der Waals surface area contributed by atoms with E-state index in [-0.39, 0.29) is 29.7 Å². The highest BCUT2D eigenvalue weighted by Gasteiger charge is 2.16. The van der Waals surface area contributed by atoms with Gasteiger partial charge in [-0.3, -0.25) is 4.57 Å². The molecule has 9 nitrogen and oxygen atoms in total. The fourth-order valence-electron chi connectivity index (χ4n) is 3.83. The highest BCUT2D eigenvalue weighted by atomic mass is 127. The normalized spacial score (nSPS) is 13.7. The van der Waals surface area contributed by atoms with Crippen LogP contribution < -0.4 is 16.3 Å². The maximum atomic E-state index is 12.4. The molecule has 2 N–H and O–H groups in total. The Hall–Kier alpha value is -1.85. The van der Waals surface area contributed by atoms with Crippen LogP contribution in [0.15, 0.2) is 20.4 Å². The Morgan fingerprint density at radius 2 is 2.06 bits per heavy atom. The third-order valence-electron chi connectivity index (χ3n) is 5.59. The minimum atomic E-state index is 0. The van der Waals surface area contributed by atoms with Crippen LogP contribution in [0.5, 0.6) is 0 Å². The molecule has 2 aromatic heterocycles. The Bertz CT molecular complexity index is 883. The van der Waals surface area contributed by atoms with E-state index < -0.39 is 0 Å². The van der Waals surface area contributed by atoms with E-state index in [1.54, 1.807) is 4.68 Å². The number of halogens is 1. The summed E-state index contributed by atoms with van der Waals surface area (Å²) in [6.07, 6.45) is 5.98. The van der Waals surface area contributed by atoms with E-state index in [9.17, 15) is 4.79 Å². The zero-order valence-electron chi connectivity index (χ0n) is 18.9. The van der Waals surface area contributed by atoms with Crippen molar-refractivity contribution < 1.29 is 4.52 Å². The number of aryl methyl sites for hydroxylation is 2. The SMILES string of the molecule is CCNC(=NCc1cc(C(CC)CC)no1)NCCCn1nc2n(c1=O)CCCC2.I. The molecule has 0 unspecified atom stereocenters. The lowest BCUT2D eigenvalue weighted by molar-refractivity contribution is 0.372. The summed E-state index contributed by atoms with van der Waals surface area (Å²) in [7, 11) is 0. The molecular weight excluding hydrogens is 509 g/mol. The second-order valence-corrected chi connectivity index (χ2v) is 7.74. The molecule has 0 saturated heterocycles. The Morgan fingerprint density at radius 3 is 2.77 bits per heavy atom. The number of hydrogen-bond donors (Lipinski definition) is 2. The third kappa shape index (κ3) is 6.81. The average Bonchev–Trinajstić information content (AvgIpc) is 3.35. The lowest BCUT2D eigenvalue weighted by Crippen LogP contribution is -2.38. The van der Waals surface area contributed by atoms with E-state index in [0.29, 0.717) is 25.6 Å². The summed E-state index contributed by atoms with van der Waals surface area (Å²) in [6.45, 7) is 9.68. The quantitative estimate of drug-likeness (QED) is 0.206. The van der Waals surface area contributed by atoms with Crippen LogP contribution in [-0.4, -0.2) is 38.6 Å². The number of rotatable bonds is 10. The van der Waals surface area contributed by atoms with Gasteiger partial charge in [-0.15, -0.1) is 24.0 Å². The molecule has 3 heterocycles. The summed E-state index contributed by atoms with van der Waals surface area (Å²) in [4.78, 5) is 17.0. The molecule has 0 amide bonds. The standard InChI is InChI=1S/C21H35N7O2.HI/c1-4-16(5-2)18-14-17(30-26-18)15-24-20(22-6-3)23-11-9-13-28-21(29)27-12-8-7-10-19(27)25-28;/h14,16H,4-13,15H2,1-3H3,(H2,22,23,24);1H. The van der Waals surface area contributed by atoms with Gasteiger partial charge >= 0.3 is 5.69 Å². The highest BCUT2D eigenvalue weighted by molar-refractivity contribution is 14.0. The summed E-state index contributed by atoms with van der Waals surface area (Å²) in [6, 6.07) is 2.01. The van der Waals surface area contributed by atoms with Gasteiger partial charge in [0.2, 0.25) is 0 Å². The van der Waals surface area contributed by atoms with Gasteiger partial charge in [-0.05, 0) is 39.0 Å². The minimum Gasteiger partial charge on any atom is -0.359 e. The van der Waals surface area contributed by atoms with Crippen molar-refractivity contribution in [3.8, 4) is 0 Å². The van der Waals surface area contributed by atoms with Crippen molar-refractivity contribution in [2.45, 2.75) is 84.8 Å². The van der Waals surface area contributed by atoms with Crippen LogP contribution >= 0.6 is 24.0 Å². The number of aromatic nitrogens is 4. The second-order valence-electron chi connectivity index (χ2n) is 7.74. The Balaban J connectivity index is 0.00000341. The van der Waals surface area contributed by atoms with Crippen LogP contribution in [0.25, 0.3) is 0 Å². The Labute approximate surface area is 201 Å². The topological polar surface area (TPSA) is 102 Å². The second kappa shape index (κ2) is 12.9. The lowest BCUT2D eigenvalue weighted by atomic mass is 9.99. The van der Waals surface area contributed by atoms with Gasteiger partial charge in [-0.2, -0.15) is 5.10 Å². The maximum Gasteiger partial charge on any atom is 0.345 e. The van der Waals surface area contributed by atoms with Crippen molar-refractivity contribution in [3.63, 3.8) is 0 Å². The molecule has 0 atom stereocenters. The van der Waals surface area contributed by atoms with Crippen LogP contribution in [0.3, 0.4) is 0 Å². The molecule has 174 valence electrons. The van der Waals surface area contributed by atoms with Gasteiger partial charge in [0.25, 0.3) is 0 Å². The zero-order valence-corrected chi connectivity index (χ0v) is 21.2. The molecule has 10 heteroatoms. The fourth-order valence-corrected chi connectivity index (χ4v) is 3.83. The maximum absolute atomic E-state index is 12.4. The van der Waals surface area contributed by atoms with Crippen LogP contribution in [0, 0.1) is 0 Å². The van der Waals surface area contributed by atoms with Crippen LogP contribution in [0.1, 0.15) is 76.1 Å². The first-order valence-corrected chi connectivity index (χ1v) is 11.3. The average molecular weight is 545 g/mol. The lowest BCUT2D eigenvalue weighted by Gasteiger charge is -2.10. The van der Waals surface area contributed by atoms with Crippen molar-refractivity contribution in [1.29, 1.82) is 0 Å². The highest BCUT2D eigenvalue weighted by Crippen LogP contribution is 2.22. The number of fused-ring (bicyclic) bond motifs is 1. The van der Waals surface area contributed by atoms with Gasteiger partial charge in [-0.1, -0.05) is 19.0 Å². The number of guanidine groups is 1. The van der Waals surface area contributed by atoms with Crippen LogP contribution in [-0.2, 0) is 26.1 Å². The number of nitrogens with one attached hydrogen (secondary N) is 2. The number of hydrogen-bond acceptors (Lipinski definition) is 5. The van der Waals surface area contributed by atoms with Crippen molar-refractivity contribution in [1.82, 2.24) is 30.1 Å². The molecule has 0 spiro atoms. The molecule has 0 fully saturated rings. The van der Waals surface area contributed by atoms with Crippen molar-refractivity contribution in [3.05, 3.63) is 33.8 Å². The van der Waals surface area contributed by atoms with Crippen LogP contribution in [0.4, 0.5) is 0 Å². The summed E-state index contributed by atoms with van der Waals surface area (Å²) >= 11 is 0. The van der Waals surface area contributed by atoms with Crippen LogP contribution in [0.2, 0.25) is 0 Å². The van der Waals surface area contributed by atoms with Gasteiger partial charge in [0.1, 0.15) is 12.4 Å². The Morgan fingerprint density at radius 1 is 1.26 bits per heavy atom. The largest absolute Gasteiger partial charge is 0.359 e. The van der Waals surface area contributed by atoms with E-state index in [2.05, 4.69) is 39.7 Å². The summed E-state index contributed by atoms with van der Waals surface area (Å²) in [5.41, 5.74) is 1.03. The van der Waals surface area contributed by atoms with Crippen molar-refractivity contribution >= 4 is 29.9 Å². The molecule has 1 aliphatic rings. The van der Waals surface area contributed by atoms with E-state index in [4.69, 9.17) is 4.52 Å². The van der Waals surface area contributed by atoms with Gasteiger partial charge in [0.15, 0.2) is 11.7 Å². The molecule has 31 heavy (non-hydrogen) atoms. The predicted octanol–water partition coefficient (Wildman–Crippen LogP) is 3.04. The molecule has 1 aliphatic heterocycles. The summed E-state index contributed by atoms with van der Waals surface area (Å²) in [5, 5.41) is 15.2. The van der Waals surface area contributed by atoms with E-state index >= 15 is 0 Å². The smallest absolute Gasteiger partial charge is 0.345 e. The van der Waals surface area contributed by atoms with Crippen molar-refractivity contribution in [2.24, 2.45) is 4.99 Å². The molecule has 0 saturated carbocycles. The van der Waals surface area contributed by atoms with Crippen molar-refractivity contribution in [2.75, 3.05) is 13.1 Å². The summed E-state index contributed by atoms with van der Waals surface area (Å²) in [5.74, 6) is 2.86. The van der Waals surface area contributed by atoms with E-state index in [1.165, 1.54) is 0 Å². The first-order chi connectivity index (χ1) is 14.7. The number of nitrogens with zero attached hydrogens (tertiary/aromatic N) is 5. The fraction of sp³-hybridized carbons (Fsp3) is 0.714. The zero-order chi connectivity index (χ0) is 21.3. The molecule has 0 bridgehead atoms. The number of aliphatic imine (C=N–C) groups is 1. The molecule has 0 radical (unpaired) electrons. The minimum absolute atomic E-state index is 0.